The number of sulfonamides is 1. The molecule has 0 aliphatic carbocycles. The Morgan fingerprint density at radius 1 is 1.26 bits per heavy atom. The Bertz CT molecular complexity index is 878. The molecule has 0 saturated carbocycles. The van der Waals surface area contributed by atoms with Crippen LogP contribution in [0.3, 0.4) is 0 Å². The zero-order valence-electron chi connectivity index (χ0n) is 12.0. The molecule has 0 bridgehead atoms. The summed E-state index contributed by atoms with van der Waals surface area (Å²) in [6.07, 6.45) is 1.13. The maximum Gasteiger partial charge on any atom is 0.276 e. The number of benzene rings is 2. The summed E-state index contributed by atoms with van der Waals surface area (Å²) in [5.74, 6) is -0.0542. The van der Waals surface area contributed by atoms with Crippen molar-refractivity contribution in [1.82, 2.24) is 4.83 Å². The molecular weight excluding hydrogens is 322 g/mol. The number of nitro benzene ring substituents is 1. The SMILES string of the molecule is Cc1ccc(S(=O)(=O)N/N=C/c2ccccc2O)cc1[N+](=O)[O-]. The summed E-state index contributed by atoms with van der Waals surface area (Å²) >= 11 is 0. The molecule has 9 heteroatoms. The van der Waals surface area contributed by atoms with Crippen LogP contribution in [0.5, 0.6) is 5.75 Å². The van der Waals surface area contributed by atoms with E-state index in [1.54, 1.807) is 18.2 Å². The van der Waals surface area contributed by atoms with E-state index in [2.05, 4.69) is 5.10 Å². The van der Waals surface area contributed by atoms with Crippen molar-refractivity contribution >= 4 is 21.9 Å². The second-order valence-corrected chi connectivity index (χ2v) is 6.28. The molecule has 2 N–H and O–H groups in total. The van der Waals surface area contributed by atoms with Crippen LogP contribution in [0.4, 0.5) is 5.69 Å². The van der Waals surface area contributed by atoms with Crippen molar-refractivity contribution in [1.29, 1.82) is 0 Å². The smallest absolute Gasteiger partial charge is 0.276 e. The second-order valence-electron chi connectivity index (χ2n) is 4.62. The maximum absolute atomic E-state index is 12.1. The number of phenols is 1. The van der Waals surface area contributed by atoms with Crippen LogP contribution in [0.2, 0.25) is 0 Å². The minimum atomic E-state index is -4.05. The summed E-state index contributed by atoms with van der Waals surface area (Å²) < 4.78 is 24.2. The van der Waals surface area contributed by atoms with Crippen molar-refractivity contribution in [3.63, 3.8) is 0 Å². The lowest BCUT2D eigenvalue weighted by Crippen LogP contribution is -2.18. The Morgan fingerprint density at radius 2 is 1.96 bits per heavy atom. The number of hydrogen-bond donors (Lipinski definition) is 2. The average molecular weight is 335 g/mol. The first kappa shape index (κ1) is 16.4. The molecule has 0 atom stereocenters. The van der Waals surface area contributed by atoms with Gasteiger partial charge in [-0.1, -0.05) is 18.2 Å². The molecular formula is C14H13N3O5S. The lowest BCUT2D eigenvalue weighted by Gasteiger charge is -2.04. The Balaban J connectivity index is 2.24. The van der Waals surface area contributed by atoms with Crippen LogP contribution in [0.25, 0.3) is 0 Å². The molecule has 0 amide bonds. The van der Waals surface area contributed by atoms with Crippen molar-refractivity contribution in [2.75, 3.05) is 0 Å². The lowest BCUT2D eigenvalue weighted by molar-refractivity contribution is -0.385. The van der Waals surface area contributed by atoms with Gasteiger partial charge in [0, 0.05) is 17.2 Å². The quantitative estimate of drug-likeness (QED) is 0.491. The highest BCUT2D eigenvalue weighted by Crippen LogP contribution is 2.22. The van der Waals surface area contributed by atoms with Gasteiger partial charge >= 0.3 is 0 Å². The molecule has 0 aromatic heterocycles. The van der Waals surface area contributed by atoms with Gasteiger partial charge in [0.15, 0.2) is 0 Å². The van der Waals surface area contributed by atoms with Gasteiger partial charge in [-0.2, -0.15) is 13.5 Å². The molecule has 2 rings (SSSR count). The number of hydrogen-bond acceptors (Lipinski definition) is 6. The van der Waals surface area contributed by atoms with E-state index in [0.29, 0.717) is 11.1 Å². The molecule has 0 fully saturated rings. The number of para-hydroxylation sites is 1. The Labute approximate surface area is 132 Å². The van der Waals surface area contributed by atoms with E-state index in [-0.39, 0.29) is 16.3 Å². The van der Waals surface area contributed by atoms with Gasteiger partial charge in [-0.05, 0) is 25.1 Å². The lowest BCUT2D eigenvalue weighted by atomic mass is 10.2. The average Bonchev–Trinajstić information content (AvgIpc) is 2.49. The number of nitrogens with one attached hydrogen (secondary N) is 1. The molecule has 2 aromatic rings. The molecule has 0 spiro atoms. The Kier molecular flexibility index (Phi) is 4.60. The first-order valence-corrected chi connectivity index (χ1v) is 7.87. The zero-order chi connectivity index (χ0) is 17.0. The standard InChI is InChI=1S/C14H13N3O5S/c1-10-6-7-12(8-13(10)17(19)20)23(21,22)16-15-9-11-4-2-3-5-14(11)18/h2-9,16,18H,1H3/b15-9+. The molecule has 0 radical (unpaired) electrons. The van der Waals surface area contributed by atoms with E-state index < -0.39 is 14.9 Å². The van der Waals surface area contributed by atoms with Crippen molar-refractivity contribution in [2.45, 2.75) is 11.8 Å². The van der Waals surface area contributed by atoms with Gasteiger partial charge in [-0.15, -0.1) is 0 Å². The highest BCUT2D eigenvalue weighted by molar-refractivity contribution is 7.89. The Hall–Kier alpha value is -2.94. The van der Waals surface area contributed by atoms with Crippen molar-refractivity contribution in [3.05, 3.63) is 63.7 Å². The van der Waals surface area contributed by atoms with Crippen molar-refractivity contribution in [2.24, 2.45) is 5.10 Å². The predicted octanol–water partition coefficient (Wildman–Crippen LogP) is 1.92. The molecule has 2 aromatic carbocycles. The minimum absolute atomic E-state index is 0.0542. The fourth-order valence-electron chi connectivity index (χ4n) is 1.77. The highest BCUT2D eigenvalue weighted by Gasteiger charge is 2.19. The van der Waals surface area contributed by atoms with E-state index in [4.69, 9.17) is 0 Å². The molecule has 0 unspecified atom stereocenters. The van der Waals surface area contributed by atoms with E-state index in [9.17, 15) is 23.6 Å². The van der Waals surface area contributed by atoms with Gasteiger partial charge in [-0.25, -0.2) is 4.83 Å². The third kappa shape index (κ3) is 3.83. The van der Waals surface area contributed by atoms with Crippen LogP contribution < -0.4 is 4.83 Å². The largest absolute Gasteiger partial charge is 0.507 e. The van der Waals surface area contributed by atoms with Gasteiger partial charge in [0.1, 0.15) is 5.75 Å². The molecule has 0 heterocycles. The van der Waals surface area contributed by atoms with Crippen molar-refractivity contribution in [3.8, 4) is 5.75 Å². The number of nitrogens with zero attached hydrogens (tertiary/aromatic N) is 2. The topological polar surface area (TPSA) is 122 Å². The summed E-state index contributed by atoms with van der Waals surface area (Å²) in [7, 11) is -4.05. The van der Waals surface area contributed by atoms with Crippen LogP contribution in [0.1, 0.15) is 11.1 Å². The highest BCUT2D eigenvalue weighted by atomic mass is 32.2. The van der Waals surface area contributed by atoms with Crippen LogP contribution in [-0.2, 0) is 10.0 Å². The van der Waals surface area contributed by atoms with E-state index in [1.807, 2.05) is 4.83 Å². The van der Waals surface area contributed by atoms with Crippen molar-refractivity contribution < 1.29 is 18.4 Å². The molecule has 23 heavy (non-hydrogen) atoms. The normalized spacial score (nSPS) is 11.5. The number of aryl methyl sites for hydroxylation is 1. The van der Waals surface area contributed by atoms with Gasteiger partial charge in [0.25, 0.3) is 15.7 Å². The third-order valence-electron chi connectivity index (χ3n) is 3.00. The third-order valence-corrected chi connectivity index (χ3v) is 4.22. The minimum Gasteiger partial charge on any atom is -0.507 e. The van der Waals surface area contributed by atoms with Gasteiger partial charge < -0.3 is 5.11 Å². The summed E-state index contributed by atoms with van der Waals surface area (Å²) in [6.45, 7) is 1.51. The van der Waals surface area contributed by atoms with E-state index in [1.165, 1.54) is 25.1 Å². The number of hydrazone groups is 1. The zero-order valence-corrected chi connectivity index (χ0v) is 12.8. The summed E-state index contributed by atoms with van der Waals surface area (Å²) in [6, 6.07) is 9.80. The first-order valence-electron chi connectivity index (χ1n) is 6.39. The fraction of sp³-hybridized carbons (Fsp3) is 0.0714. The predicted molar refractivity (Wildman–Crippen MR) is 83.9 cm³/mol. The number of phenolic OH excluding ortho intramolecular Hbond substituents is 1. The van der Waals surface area contributed by atoms with Gasteiger partial charge in [-0.3, -0.25) is 10.1 Å². The molecule has 0 saturated heterocycles. The van der Waals surface area contributed by atoms with Crippen LogP contribution >= 0.6 is 0 Å². The monoisotopic (exact) mass is 335 g/mol. The summed E-state index contributed by atoms with van der Waals surface area (Å²) in [4.78, 5) is 11.9. The van der Waals surface area contributed by atoms with Gasteiger partial charge in [0.2, 0.25) is 0 Å². The number of rotatable bonds is 5. The van der Waals surface area contributed by atoms with Crippen LogP contribution in [0.15, 0.2) is 52.5 Å². The second kappa shape index (κ2) is 6.44. The van der Waals surface area contributed by atoms with Gasteiger partial charge in [0.05, 0.1) is 16.0 Å². The van der Waals surface area contributed by atoms with Crippen LogP contribution in [0, 0.1) is 17.0 Å². The maximum atomic E-state index is 12.1. The van der Waals surface area contributed by atoms with E-state index in [0.717, 1.165) is 12.3 Å². The molecule has 0 aliphatic rings. The van der Waals surface area contributed by atoms with E-state index >= 15 is 0 Å². The molecule has 8 nitrogen and oxygen atoms in total. The molecule has 0 aliphatic heterocycles. The number of aromatic hydroxyl groups is 1. The van der Waals surface area contributed by atoms with Crippen LogP contribution in [-0.4, -0.2) is 24.7 Å². The Morgan fingerprint density at radius 3 is 2.61 bits per heavy atom. The summed E-state index contributed by atoms with van der Waals surface area (Å²) in [5, 5.41) is 24.0. The molecule has 120 valence electrons. The number of nitro groups is 1. The fourth-order valence-corrected chi connectivity index (χ4v) is 2.58. The first-order chi connectivity index (χ1) is 10.8. The summed E-state index contributed by atoms with van der Waals surface area (Å²) in [5.41, 5.74) is 0.384.